The van der Waals surface area contributed by atoms with Crippen LogP contribution in [0.3, 0.4) is 0 Å². The lowest BCUT2D eigenvalue weighted by molar-refractivity contribution is 0.0920. The Balaban J connectivity index is 2.64. The summed E-state index contributed by atoms with van der Waals surface area (Å²) in [5, 5.41) is 0. The van der Waals surface area contributed by atoms with Crippen molar-refractivity contribution in [2.45, 2.75) is 32.7 Å². The normalized spacial score (nSPS) is 12.8. The molecule has 0 radical (unpaired) electrons. The van der Waals surface area contributed by atoms with Gasteiger partial charge in [-0.2, -0.15) is 0 Å². The van der Waals surface area contributed by atoms with Crippen LogP contribution in [0.2, 0.25) is 0 Å². The molecule has 0 aliphatic heterocycles. The second-order valence-electron chi connectivity index (χ2n) is 4.46. The molecular weight excluding hydrogens is 278 g/mol. The lowest BCUT2D eigenvalue weighted by Gasteiger charge is -2.23. The molecule has 3 heteroatoms. The van der Waals surface area contributed by atoms with Crippen molar-refractivity contribution in [1.29, 1.82) is 0 Å². The largest absolute Gasteiger partial charge is 0.296 e. The minimum atomic E-state index is 0.169. The molecule has 0 aromatic heterocycles. The maximum Gasteiger partial charge on any atom is 0.177 e. The predicted octanol–water partition coefficient (Wildman–Crippen LogP) is 3.75. The van der Waals surface area contributed by atoms with Crippen LogP contribution in [0, 0.1) is 0 Å². The Morgan fingerprint density at radius 1 is 1.41 bits per heavy atom. The van der Waals surface area contributed by atoms with Crippen molar-refractivity contribution >= 4 is 21.7 Å². The lowest BCUT2D eigenvalue weighted by Crippen LogP contribution is -2.33. The van der Waals surface area contributed by atoms with E-state index in [0.717, 1.165) is 22.9 Å². The summed E-state index contributed by atoms with van der Waals surface area (Å²) >= 11 is 3.42. The summed E-state index contributed by atoms with van der Waals surface area (Å²) < 4.78 is 0.876. The molecule has 2 nitrogen and oxygen atoms in total. The van der Waals surface area contributed by atoms with Crippen molar-refractivity contribution in [1.82, 2.24) is 4.90 Å². The number of hydrogen-bond acceptors (Lipinski definition) is 2. The zero-order valence-corrected chi connectivity index (χ0v) is 12.3. The first-order valence-corrected chi connectivity index (χ1v) is 6.83. The van der Waals surface area contributed by atoms with Gasteiger partial charge in [-0.1, -0.05) is 47.5 Å². The molecule has 0 N–H and O–H groups in total. The topological polar surface area (TPSA) is 20.3 Å². The highest BCUT2D eigenvalue weighted by Gasteiger charge is 2.15. The van der Waals surface area contributed by atoms with E-state index in [1.807, 2.05) is 31.3 Å². The molecule has 17 heavy (non-hydrogen) atoms. The average molecular weight is 298 g/mol. The van der Waals surface area contributed by atoms with Gasteiger partial charge in [-0.05, 0) is 26.5 Å². The number of halogens is 1. The van der Waals surface area contributed by atoms with E-state index in [4.69, 9.17) is 0 Å². The van der Waals surface area contributed by atoms with Crippen LogP contribution < -0.4 is 0 Å². The molecule has 0 aliphatic rings. The first-order chi connectivity index (χ1) is 8.06. The van der Waals surface area contributed by atoms with Gasteiger partial charge in [0.15, 0.2) is 5.78 Å². The van der Waals surface area contributed by atoms with Gasteiger partial charge in [0, 0.05) is 16.1 Å². The summed E-state index contributed by atoms with van der Waals surface area (Å²) in [6, 6.07) is 8.04. The van der Waals surface area contributed by atoms with Gasteiger partial charge in [0.1, 0.15) is 0 Å². The molecule has 0 saturated heterocycles. The summed E-state index contributed by atoms with van der Waals surface area (Å²) in [6.07, 6.45) is 2.27. The van der Waals surface area contributed by atoms with Gasteiger partial charge in [-0.25, -0.2) is 0 Å². The summed E-state index contributed by atoms with van der Waals surface area (Å²) in [4.78, 5) is 14.2. The van der Waals surface area contributed by atoms with Crippen molar-refractivity contribution in [2.75, 3.05) is 13.6 Å². The van der Waals surface area contributed by atoms with Crippen LogP contribution in [0.1, 0.15) is 37.0 Å². The third-order valence-electron chi connectivity index (χ3n) is 3.03. The summed E-state index contributed by atoms with van der Waals surface area (Å²) in [6.45, 7) is 4.81. The van der Waals surface area contributed by atoms with E-state index in [1.54, 1.807) is 0 Å². The van der Waals surface area contributed by atoms with Crippen molar-refractivity contribution in [3.63, 3.8) is 0 Å². The Labute approximate surface area is 112 Å². The second-order valence-corrected chi connectivity index (χ2v) is 5.31. The Morgan fingerprint density at radius 3 is 2.65 bits per heavy atom. The predicted molar refractivity (Wildman–Crippen MR) is 75.5 cm³/mol. The van der Waals surface area contributed by atoms with Crippen molar-refractivity contribution < 1.29 is 4.79 Å². The SMILES string of the molecule is CCCC(C)N(C)CC(=O)c1ccccc1Br. The Morgan fingerprint density at radius 2 is 2.06 bits per heavy atom. The van der Waals surface area contributed by atoms with E-state index in [0.29, 0.717) is 12.6 Å². The third kappa shape index (κ3) is 4.25. The molecular formula is C14H20BrNO. The molecule has 1 unspecified atom stereocenters. The van der Waals surface area contributed by atoms with E-state index in [9.17, 15) is 4.79 Å². The summed E-state index contributed by atoms with van der Waals surface area (Å²) in [7, 11) is 2.01. The molecule has 0 bridgehead atoms. The highest BCUT2D eigenvalue weighted by Crippen LogP contribution is 2.17. The monoisotopic (exact) mass is 297 g/mol. The van der Waals surface area contributed by atoms with E-state index in [-0.39, 0.29) is 5.78 Å². The second kappa shape index (κ2) is 6.92. The van der Waals surface area contributed by atoms with Crippen LogP contribution in [0.5, 0.6) is 0 Å². The number of benzene rings is 1. The van der Waals surface area contributed by atoms with Crippen LogP contribution in [-0.4, -0.2) is 30.3 Å². The van der Waals surface area contributed by atoms with Gasteiger partial charge in [0.05, 0.1) is 6.54 Å². The maximum atomic E-state index is 12.1. The molecule has 0 saturated carbocycles. The molecule has 0 amide bonds. The van der Waals surface area contributed by atoms with Crippen LogP contribution in [0.4, 0.5) is 0 Å². The summed E-state index contributed by atoms with van der Waals surface area (Å²) in [5.74, 6) is 0.169. The fourth-order valence-electron chi connectivity index (χ4n) is 1.79. The average Bonchev–Trinajstić information content (AvgIpc) is 2.29. The minimum Gasteiger partial charge on any atom is -0.296 e. The van der Waals surface area contributed by atoms with Crippen molar-refractivity contribution in [3.05, 3.63) is 34.3 Å². The van der Waals surface area contributed by atoms with Gasteiger partial charge >= 0.3 is 0 Å². The van der Waals surface area contributed by atoms with Crippen LogP contribution >= 0.6 is 15.9 Å². The van der Waals surface area contributed by atoms with E-state index < -0.39 is 0 Å². The van der Waals surface area contributed by atoms with Gasteiger partial charge in [-0.15, -0.1) is 0 Å². The molecule has 0 fully saturated rings. The molecule has 0 heterocycles. The standard InChI is InChI=1S/C14H20BrNO/c1-4-7-11(2)16(3)10-14(17)12-8-5-6-9-13(12)15/h5-6,8-9,11H,4,7,10H2,1-3H3. The molecule has 1 aromatic rings. The van der Waals surface area contributed by atoms with Crippen molar-refractivity contribution in [3.8, 4) is 0 Å². The lowest BCUT2D eigenvalue weighted by atomic mass is 10.1. The minimum absolute atomic E-state index is 0.169. The van der Waals surface area contributed by atoms with Crippen LogP contribution in [0.25, 0.3) is 0 Å². The van der Waals surface area contributed by atoms with E-state index in [1.165, 1.54) is 0 Å². The molecule has 94 valence electrons. The van der Waals surface area contributed by atoms with E-state index in [2.05, 4.69) is 34.7 Å². The smallest absolute Gasteiger partial charge is 0.177 e. The Bertz CT molecular complexity index is 378. The number of carbonyl (C=O) groups excluding carboxylic acids is 1. The number of rotatable bonds is 6. The van der Waals surface area contributed by atoms with Gasteiger partial charge in [0.25, 0.3) is 0 Å². The molecule has 1 atom stereocenters. The van der Waals surface area contributed by atoms with Gasteiger partial charge in [0.2, 0.25) is 0 Å². The molecule has 1 aromatic carbocycles. The van der Waals surface area contributed by atoms with Crippen molar-refractivity contribution in [2.24, 2.45) is 0 Å². The van der Waals surface area contributed by atoms with Gasteiger partial charge < -0.3 is 0 Å². The highest BCUT2D eigenvalue weighted by atomic mass is 79.9. The third-order valence-corrected chi connectivity index (χ3v) is 3.72. The van der Waals surface area contributed by atoms with E-state index >= 15 is 0 Å². The Kier molecular flexibility index (Phi) is 5.86. The molecule has 0 aliphatic carbocycles. The Hall–Kier alpha value is -0.670. The zero-order chi connectivity index (χ0) is 12.8. The highest BCUT2D eigenvalue weighted by molar-refractivity contribution is 9.10. The molecule has 1 rings (SSSR count). The summed E-state index contributed by atoms with van der Waals surface area (Å²) in [5.41, 5.74) is 0.767. The first kappa shape index (κ1) is 14.4. The number of ketones is 1. The van der Waals surface area contributed by atoms with Gasteiger partial charge in [-0.3, -0.25) is 9.69 Å². The van der Waals surface area contributed by atoms with Crippen LogP contribution in [0.15, 0.2) is 28.7 Å². The molecule has 0 spiro atoms. The van der Waals surface area contributed by atoms with Crippen LogP contribution in [-0.2, 0) is 0 Å². The zero-order valence-electron chi connectivity index (χ0n) is 10.7. The number of nitrogens with zero attached hydrogens (tertiary/aromatic N) is 1. The fraction of sp³-hybridized carbons (Fsp3) is 0.500. The quantitative estimate of drug-likeness (QED) is 0.745. The maximum absolute atomic E-state index is 12.1. The fourth-order valence-corrected chi connectivity index (χ4v) is 2.30. The number of Topliss-reactive ketones (excluding diaryl/α,β-unsaturated/α-hetero) is 1. The first-order valence-electron chi connectivity index (χ1n) is 6.04. The number of likely N-dealkylation sites (N-methyl/N-ethyl adjacent to an activating group) is 1. The number of carbonyl (C=O) groups is 1. The number of hydrogen-bond donors (Lipinski definition) is 0.